The van der Waals surface area contributed by atoms with Crippen molar-refractivity contribution in [2.24, 2.45) is 5.73 Å². The van der Waals surface area contributed by atoms with Crippen LogP contribution in [-0.4, -0.2) is 35.2 Å². The summed E-state index contributed by atoms with van der Waals surface area (Å²) < 4.78 is 5.64. The van der Waals surface area contributed by atoms with E-state index in [9.17, 15) is 9.59 Å². The van der Waals surface area contributed by atoms with E-state index in [2.05, 4.69) is 22.9 Å². The molecule has 134 valence electrons. The Morgan fingerprint density at radius 3 is 2.46 bits per heavy atom. The number of primary amides is 1. The van der Waals surface area contributed by atoms with Crippen molar-refractivity contribution in [2.45, 2.75) is 45.6 Å². The van der Waals surface area contributed by atoms with Crippen LogP contribution in [0, 0.1) is 0 Å². The number of halogens is 1. The van der Waals surface area contributed by atoms with Gasteiger partial charge in [-0.05, 0) is 30.5 Å². The molecule has 2 amide bonds. The number of nitrogens with zero attached hydrogens (tertiary/aromatic N) is 1. The van der Waals surface area contributed by atoms with Crippen LogP contribution in [0.1, 0.15) is 44.6 Å². The number of hydrogen-bond donors (Lipinski definition) is 1. The molecule has 1 rings (SSSR count). The molecular formula is C18H27BrN2O3. The minimum Gasteiger partial charge on any atom is -0.494 e. The molecule has 0 fully saturated rings. The molecule has 0 aliphatic rings. The van der Waals surface area contributed by atoms with Gasteiger partial charge in [0, 0.05) is 31.3 Å². The Morgan fingerprint density at radius 2 is 1.88 bits per heavy atom. The van der Waals surface area contributed by atoms with Gasteiger partial charge in [-0.3, -0.25) is 9.59 Å². The standard InChI is InChI=1S/C18H27BrN2O3/c1-2-3-13-24-16-8-6-15(7-9-16)14-21(12-10-17(20)22)18(23)5-4-11-19/h6-9H,2-5,10-14H2,1H3,(H2,20,22). The van der Waals surface area contributed by atoms with E-state index in [1.54, 1.807) is 4.90 Å². The van der Waals surface area contributed by atoms with E-state index in [0.29, 0.717) is 26.1 Å². The smallest absolute Gasteiger partial charge is 0.222 e. The van der Waals surface area contributed by atoms with Gasteiger partial charge >= 0.3 is 0 Å². The summed E-state index contributed by atoms with van der Waals surface area (Å²) in [6, 6.07) is 7.74. The molecule has 0 bridgehead atoms. The van der Waals surface area contributed by atoms with Gasteiger partial charge < -0.3 is 15.4 Å². The van der Waals surface area contributed by atoms with E-state index >= 15 is 0 Å². The van der Waals surface area contributed by atoms with Crippen molar-refractivity contribution >= 4 is 27.7 Å². The number of nitrogens with two attached hydrogens (primary N) is 1. The van der Waals surface area contributed by atoms with E-state index in [4.69, 9.17) is 10.5 Å². The Kier molecular flexibility index (Phi) is 10.2. The van der Waals surface area contributed by atoms with Crippen molar-refractivity contribution < 1.29 is 14.3 Å². The van der Waals surface area contributed by atoms with Crippen LogP contribution in [0.2, 0.25) is 0 Å². The molecule has 0 spiro atoms. The van der Waals surface area contributed by atoms with Gasteiger partial charge in [-0.1, -0.05) is 41.4 Å². The molecule has 0 aliphatic carbocycles. The van der Waals surface area contributed by atoms with E-state index in [-0.39, 0.29) is 12.3 Å². The van der Waals surface area contributed by atoms with Crippen molar-refractivity contribution in [3.63, 3.8) is 0 Å². The Hall–Kier alpha value is -1.56. The van der Waals surface area contributed by atoms with Crippen LogP contribution in [0.4, 0.5) is 0 Å². The average molecular weight is 399 g/mol. The number of benzene rings is 1. The molecule has 2 N–H and O–H groups in total. The molecule has 6 heteroatoms. The summed E-state index contributed by atoms with van der Waals surface area (Å²) in [5, 5.41) is 0.784. The number of rotatable bonds is 12. The monoisotopic (exact) mass is 398 g/mol. The second-order valence-electron chi connectivity index (χ2n) is 5.67. The molecule has 0 heterocycles. The summed E-state index contributed by atoms with van der Waals surface area (Å²) in [6.45, 7) is 3.67. The third-order valence-electron chi connectivity index (χ3n) is 3.57. The molecule has 0 saturated carbocycles. The fraction of sp³-hybridized carbons (Fsp3) is 0.556. The Labute approximate surface area is 152 Å². The summed E-state index contributed by atoms with van der Waals surface area (Å²) in [5.41, 5.74) is 6.22. The van der Waals surface area contributed by atoms with Gasteiger partial charge in [0.05, 0.1) is 6.61 Å². The fourth-order valence-corrected chi connectivity index (χ4v) is 2.44. The van der Waals surface area contributed by atoms with Crippen LogP contribution < -0.4 is 10.5 Å². The molecule has 24 heavy (non-hydrogen) atoms. The quantitative estimate of drug-likeness (QED) is 0.433. The molecule has 0 atom stereocenters. The zero-order chi connectivity index (χ0) is 17.8. The van der Waals surface area contributed by atoms with Gasteiger partial charge in [0.2, 0.25) is 11.8 Å². The molecule has 5 nitrogen and oxygen atoms in total. The lowest BCUT2D eigenvalue weighted by atomic mass is 10.2. The molecular weight excluding hydrogens is 372 g/mol. The van der Waals surface area contributed by atoms with Crippen molar-refractivity contribution in [3.8, 4) is 5.75 Å². The lowest BCUT2D eigenvalue weighted by Gasteiger charge is -2.22. The van der Waals surface area contributed by atoms with Gasteiger partial charge in [-0.25, -0.2) is 0 Å². The van der Waals surface area contributed by atoms with E-state index in [0.717, 1.165) is 35.9 Å². The number of amides is 2. The molecule has 0 aliphatic heterocycles. The van der Waals surface area contributed by atoms with Crippen molar-refractivity contribution in [2.75, 3.05) is 18.5 Å². The van der Waals surface area contributed by atoms with Crippen LogP contribution in [0.15, 0.2) is 24.3 Å². The summed E-state index contributed by atoms with van der Waals surface area (Å²) in [5.74, 6) is 0.480. The van der Waals surface area contributed by atoms with Crippen LogP contribution in [0.5, 0.6) is 5.75 Å². The second kappa shape index (κ2) is 11.9. The molecule has 0 radical (unpaired) electrons. The number of hydrogen-bond acceptors (Lipinski definition) is 3. The maximum atomic E-state index is 12.3. The zero-order valence-corrected chi connectivity index (χ0v) is 15.9. The first-order chi connectivity index (χ1) is 11.6. The number of unbranched alkanes of at least 4 members (excludes halogenated alkanes) is 1. The predicted molar refractivity (Wildman–Crippen MR) is 99.1 cm³/mol. The number of carbonyl (C=O) groups excluding carboxylic acids is 2. The number of ether oxygens (including phenoxy) is 1. The highest BCUT2D eigenvalue weighted by Crippen LogP contribution is 2.15. The molecule has 1 aromatic carbocycles. The van der Waals surface area contributed by atoms with Crippen molar-refractivity contribution in [1.82, 2.24) is 4.90 Å². The minimum atomic E-state index is -0.395. The van der Waals surface area contributed by atoms with E-state index in [1.165, 1.54) is 0 Å². The van der Waals surface area contributed by atoms with Gasteiger partial charge in [0.1, 0.15) is 5.75 Å². The van der Waals surface area contributed by atoms with Crippen LogP contribution >= 0.6 is 15.9 Å². The molecule has 0 saturated heterocycles. The van der Waals surface area contributed by atoms with Gasteiger partial charge in [0.15, 0.2) is 0 Å². The van der Waals surface area contributed by atoms with Crippen molar-refractivity contribution in [1.29, 1.82) is 0 Å². The number of alkyl halides is 1. The largest absolute Gasteiger partial charge is 0.494 e. The highest BCUT2D eigenvalue weighted by Gasteiger charge is 2.14. The summed E-state index contributed by atoms with van der Waals surface area (Å²) in [6.07, 6.45) is 3.55. The average Bonchev–Trinajstić information content (AvgIpc) is 2.57. The molecule has 1 aromatic rings. The Bertz CT molecular complexity index is 505. The minimum absolute atomic E-state index is 0.0407. The lowest BCUT2D eigenvalue weighted by molar-refractivity contribution is -0.132. The normalized spacial score (nSPS) is 10.4. The highest BCUT2D eigenvalue weighted by atomic mass is 79.9. The summed E-state index contributed by atoms with van der Waals surface area (Å²) in [7, 11) is 0. The van der Waals surface area contributed by atoms with Gasteiger partial charge in [-0.15, -0.1) is 0 Å². The van der Waals surface area contributed by atoms with Crippen LogP contribution in [-0.2, 0) is 16.1 Å². The SMILES string of the molecule is CCCCOc1ccc(CN(CCC(N)=O)C(=O)CCCBr)cc1. The topological polar surface area (TPSA) is 72.6 Å². The third kappa shape index (κ3) is 8.34. The first-order valence-corrected chi connectivity index (χ1v) is 9.52. The third-order valence-corrected chi connectivity index (χ3v) is 4.13. The van der Waals surface area contributed by atoms with E-state index in [1.807, 2.05) is 24.3 Å². The van der Waals surface area contributed by atoms with Gasteiger partial charge in [0.25, 0.3) is 0 Å². The van der Waals surface area contributed by atoms with Crippen LogP contribution in [0.25, 0.3) is 0 Å². The zero-order valence-electron chi connectivity index (χ0n) is 14.3. The first kappa shape index (κ1) is 20.5. The molecule has 0 unspecified atom stereocenters. The first-order valence-electron chi connectivity index (χ1n) is 8.40. The second-order valence-corrected chi connectivity index (χ2v) is 6.46. The van der Waals surface area contributed by atoms with Crippen LogP contribution in [0.3, 0.4) is 0 Å². The maximum Gasteiger partial charge on any atom is 0.222 e. The fourth-order valence-electron chi connectivity index (χ4n) is 2.16. The Balaban J connectivity index is 2.63. The predicted octanol–water partition coefficient (Wildman–Crippen LogP) is 3.24. The Morgan fingerprint density at radius 1 is 1.17 bits per heavy atom. The summed E-state index contributed by atoms with van der Waals surface area (Å²) in [4.78, 5) is 25.0. The molecule has 0 aromatic heterocycles. The highest BCUT2D eigenvalue weighted by molar-refractivity contribution is 9.09. The maximum absolute atomic E-state index is 12.3. The van der Waals surface area contributed by atoms with E-state index < -0.39 is 5.91 Å². The van der Waals surface area contributed by atoms with Gasteiger partial charge in [-0.2, -0.15) is 0 Å². The van der Waals surface area contributed by atoms with Crippen molar-refractivity contribution in [3.05, 3.63) is 29.8 Å². The number of carbonyl (C=O) groups is 2. The summed E-state index contributed by atoms with van der Waals surface area (Å²) >= 11 is 3.33. The lowest BCUT2D eigenvalue weighted by Crippen LogP contribution is -2.33.